The number of aromatic nitrogens is 2. The van der Waals surface area contributed by atoms with Crippen molar-refractivity contribution in [3.63, 3.8) is 0 Å². The van der Waals surface area contributed by atoms with Gasteiger partial charge in [0.25, 0.3) is 0 Å². The van der Waals surface area contributed by atoms with Crippen molar-refractivity contribution >= 4 is 29.9 Å². The van der Waals surface area contributed by atoms with Gasteiger partial charge in [0, 0.05) is 57.7 Å². The van der Waals surface area contributed by atoms with Crippen LogP contribution in [0.2, 0.25) is 0 Å². The van der Waals surface area contributed by atoms with E-state index in [-0.39, 0.29) is 24.0 Å². The molecule has 0 saturated carbocycles. The van der Waals surface area contributed by atoms with Crippen LogP contribution < -0.4 is 10.2 Å². The van der Waals surface area contributed by atoms with E-state index in [4.69, 9.17) is 4.74 Å². The van der Waals surface area contributed by atoms with E-state index in [1.165, 1.54) is 4.90 Å². The molecule has 2 N–H and O–H groups in total. The Morgan fingerprint density at radius 1 is 1.31 bits per heavy atom. The zero-order chi connectivity index (χ0) is 28.6. The maximum absolute atomic E-state index is 13.0. The van der Waals surface area contributed by atoms with E-state index < -0.39 is 11.6 Å². The quantitative estimate of drug-likeness (QED) is 0.283. The highest BCUT2D eigenvalue weighted by Crippen LogP contribution is 2.19. The Bertz CT molecular complexity index is 1260. The van der Waals surface area contributed by atoms with E-state index >= 15 is 0 Å². The van der Waals surface area contributed by atoms with Crippen LogP contribution >= 0.6 is 0 Å². The Hall–Kier alpha value is -3.85. The second-order valence-corrected chi connectivity index (χ2v) is 10.0. The molecule has 3 amide bonds. The van der Waals surface area contributed by atoms with Crippen LogP contribution in [0, 0.1) is 11.8 Å². The summed E-state index contributed by atoms with van der Waals surface area (Å²) in [5.41, 5.74) is 1.16. The monoisotopic (exact) mass is 536 g/mol. The van der Waals surface area contributed by atoms with E-state index in [0.717, 1.165) is 18.5 Å². The van der Waals surface area contributed by atoms with E-state index in [0.29, 0.717) is 49.3 Å². The molecule has 0 aromatic carbocycles. The van der Waals surface area contributed by atoms with Crippen LogP contribution in [0.1, 0.15) is 47.4 Å². The van der Waals surface area contributed by atoms with Crippen LogP contribution in [0.5, 0.6) is 0 Å². The molecule has 1 saturated heterocycles. The molecule has 1 fully saturated rings. The molecule has 0 aliphatic carbocycles. The van der Waals surface area contributed by atoms with Crippen LogP contribution in [0.25, 0.3) is 0 Å². The number of urea groups is 1. The molecular weight excluding hydrogens is 500 g/mol. The van der Waals surface area contributed by atoms with Gasteiger partial charge in [0.2, 0.25) is 5.91 Å². The zero-order valence-corrected chi connectivity index (χ0v) is 23.2. The molecule has 1 aliphatic rings. The van der Waals surface area contributed by atoms with Gasteiger partial charge in [-0.15, -0.1) is 0 Å². The fraction of sp³-hybridized carbons (Fsp3) is 0.464. The molecule has 11 nitrogen and oxygen atoms in total. The van der Waals surface area contributed by atoms with Crippen molar-refractivity contribution < 1.29 is 24.2 Å². The summed E-state index contributed by atoms with van der Waals surface area (Å²) in [6, 6.07) is 4.61. The standard InChI is InChI=1S/C28H36N6O5/c1-28(2,38)11-10-21-16-29-24(15-20(21)7-6-14-39-5)31-27(37)33(4)25-9-8-22(23(19-35)30-25)17-34-13-12-32(3)18-26(34)36/h8-9,15-16,19,38H,6-7,12-14,17-18H2,1-5H3,(H,29,31,37). The van der Waals surface area contributed by atoms with E-state index in [1.807, 2.05) is 11.9 Å². The van der Waals surface area contributed by atoms with E-state index in [9.17, 15) is 19.5 Å². The SMILES string of the molecule is COCCCc1cc(NC(=O)N(C)c2ccc(CN3CCN(C)CC3=O)c(C=O)n2)ncc1C#CC(C)(C)O. The minimum atomic E-state index is -1.15. The maximum atomic E-state index is 13.0. The summed E-state index contributed by atoms with van der Waals surface area (Å²) in [4.78, 5) is 50.7. The van der Waals surface area contributed by atoms with Gasteiger partial charge < -0.3 is 14.7 Å². The number of anilines is 2. The van der Waals surface area contributed by atoms with Gasteiger partial charge in [-0.3, -0.25) is 24.7 Å². The van der Waals surface area contributed by atoms with Gasteiger partial charge in [0.15, 0.2) is 6.29 Å². The number of carbonyl (C=O) groups excluding carboxylic acids is 3. The fourth-order valence-corrected chi connectivity index (χ4v) is 3.92. The van der Waals surface area contributed by atoms with Gasteiger partial charge in [-0.05, 0) is 51.4 Å². The van der Waals surface area contributed by atoms with Crippen LogP contribution in [-0.4, -0.2) is 96.1 Å². The highest BCUT2D eigenvalue weighted by Gasteiger charge is 2.23. The van der Waals surface area contributed by atoms with Crippen molar-refractivity contribution in [2.45, 2.75) is 38.8 Å². The lowest BCUT2D eigenvalue weighted by Gasteiger charge is -2.32. The molecule has 1 aliphatic heterocycles. The van der Waals surface area contributed by atoms with Crippen molar-refractivity contribution in [3.8, 4) is 11.8 Å². The normalized spacial score (nSPS) is 14.0. The molecule has 3 rings (SSSR count). The number of nitrogens with one attached hydrogen (secondary N) is 1. The second kappa shape index (κ2) is 13.3. The first-order valence-corrected chi connectivity index (χ1v) is 12.7. The van der Waals surface area contributed by atoms with Crippen LogP contribution in [0.4, 0.5) is 16.4 Å². The summed E-state index contributed by atoms with van der Waals surface area (Å²) in [6.07, 6.45) is 3.59. The van der Waals surface area contributed by atoms with Crippen LogP contribution in [-0.2, 0) is 22.5 Å². The Labute approximate surface area is 229 Å². The largest absolute Gasteiger partial charge is 0.385 e. The lowest BCUT2D eigenvalue weighted by molar-refractivity contribution is -0.136. The van der Waals surface area contributed by atoms with Gasteiger partial charge in [0.05, 0.1) is 6.54 Å². The summed E-state index contributed by atoms with van der Waals surface area (Å²) in [7, 11) is 5.06. The van der Waals surface area contributed by atoms with Gasteiger partial charge in [-0.1, -0.05) is 17.9 Å². The first-order valence-electron chi connectivity index (χ1n) is 12.7. The Morgan fingerprint density at radius 2 is 2.08 bits per heavy atom. The molecule has 0 bridgehead atoms. The molecule has 0 atom stereocenters. The minimum Gasteiger partial charge on any atom is -0.385 e. The molecule has 0 radical (unpaired) electrons. The van der Waals surface area contributed by atoms with Gasteiger partial charge in [0.1, 0.15) is 22.9 Å². The summed E-state index contributed by atoms with van der Waals surface area (Å²) < 4.78 is 5.15. The highest BCUT2D eigenvalue weighted by atomic mass is 16.5. The topological polar surface area (TPSA) is 128 Å². The summed E-state index contributed by atoms with van der Waals surface area (Å²) in [5, 5.41) is 12.7. The number of aryl methyl sites for hydroxylation is 1. The predicted molar refractivity (Wildman–Crippen MR) is 148 cm³/mol. The number of aldehydes is 1. The first kappa shape index (κ1) is 29.7. The number of nitrogens with zero attached hydrogens (tertiary/aromatic N) is 5. The van der Waals surface area contributed by atoms with Crippen LogP contribution in [0.3, 0.4) is 0 Å². The number of amides is 3. The molecule has 2 aromatic heterocycles. The van der Waals surface area contributed by atoms with Crippen molar-refractivity contribution in [1.82, 2.24) is 19.8 Å². The molecule has 39 heavy (non-hydrogen) atoms. The lowest BCUT2D eigenvalue weighted by atomic mass is 10.0. The number of piperazine rings is 1. The van der Waals surface area contributed by atoms with Gasteiger partial charge >= 0.3 is 6.03 Å². The Balaban J connectivity index is 1.75. The zero-order valence-electron chi connectivity index (χ0n) is 23.2. The molecular formula is C28H36N6O5. The minimum absolute atomic E-state index is 0.00710. The molecule has 2 aromatic rings. The van der Waals surface area contributed by atoms with Crippen molar-refractivity contribution in [1.29, 1.82) is 0 Å². The number of aliphatic hydroxyl groups is 1. The number of likely N-dealkylation sites (N-methyl/N-ethyl adjacent to an activating group) is 1. The van der Waals surface area contributed by atoms with Crippen molar-refractivity contribution in [3.05, 3.63) is 46.8 Å². The molecule has 0 spiro atoms. The summed E-state index contributed by atoms with van der Waals surface area (Å²) in [6.45, 7) is 5.71. The number of carbonyl (C=O) groups is 3. The predicted octanol–water partition coefficient (Wildman–Crippen LogP) is 1.93. The third kappa shape index (κ3) is 8.58. The molecule has 0 unspecified atom stereocenters. The second-order valence-electron chi connectivity index (χ2n) is 10.0. The number of ether oxygens (including phenoxy) is 1. The first-order chi connectivity index (χ1) is 18.5. The van der Waals surface area contributed by atoms with E-state index in [1.54, 1.807) is 57.3 Å². The average Bonchev–Trinajstić information content (AvgIpc) is 2.89. The number of rotatable bonds is 9. The smallest absolute Gasteiger partial charge is 0.328 e. The fourth-order valence-electron chi connectivity index (χ4n) is 3.92. The molecule has 11 heteroatoms. The summed E-state index contributed by atoms with van der Waals surface area (Å²) >= 11 is 0. The van der Waals surface area contributed by atoms with Crippen LogP contribution in [0.15, 0.2) is 24.4 Å². The average molecular weight is 537 g/mol. The Morgan fingerprint density at radius 3 is 2.74 bits per heavy atom. The maximum Gasteiger partial charge on any atom is 0.328 e. The number of methoxy groups -OCH3 is 1. The van der Waals surface area contributed by atoms with Gasteiger partial charge in [-0.25, -0.2) is 14.8 Å². The number of pyridine rings is 2. The highest BCUT2D eigenvalue weighted by molar-refractivity contribution is 6.00. The van der Waals surface area contributed by atoms with E-state index in [2.05, 4.69) is 27.1 Å². The summed E-state index contributed by atoms with van der Waals surface area (Å²) in [5.74, 6) is 6.35. The van der Waals surface area contributed by atoms with Crippen molar-refractivity contribution in [2.75, 3.05) is 57.7 Å². The third-order valence-corrected chi connectivity index (χ3v) is 6.15. The molecule has 208 valence electrons. The third-order valence-electron chi connectivity index (χ3n) is 6.15. The van der Waals surface area contributed by atoms with Gasteiger partial charge in [-0.2, -0.15) is 0 Å². The number of hydrogen-bond acceptors (Lipinski definition) is 8. The molecule has 3 heterocycles. The lowest BCUT2D eigenvalue weighted by Crippen LogP contribution is -2.48. The number of hydrogen-bond donors (Lipinski definition) is 2. The Kier molecular flexibility index (Phi) is 10.1. The van der Waals surface area contributed by atoms with Crippen molar-refractivity contribution in [2.24, 2.45) is 0 Å².